The molecule has 0 saturated carbocycles. The van der Waals surface area contributed by atoms with Crippen LogP contribution in [-0.4, -0.2) is 44.5 Å². The van der Waals surface area contributed by atoms with Crippen LogP contribution in [0.1, 0.15) is 34.3 Å². The summed E-state index contributed by atoms with van der Waals surface area (Å²) in [5.74, 6) is 0.143. The summed E-state index contributed by atoms with van der Waals surface area (Å²) in [6, 6.07) is 3.50. The summed E-state index contributed by atoms with van der Waals surface area (Å²) < 4.78 is 27.6. The highest BCUT2D eigenvalue weighted by Gasteiger charge is 2.28. The number of ether oxygens (including phenoxy) is 1. The van der Waals surface area contributed by atoms with Gasteiger partial charge in [0.25, 0.3) is 0 Å². The van der Waals surface area contributed by atoms with Gasteiger partial charge in [-0.1, -0.05) is 6.07 Å². The molecule has 23 heavy (non-hydrogen) atoms. The molecule has 0 unspecified atom stereocenters. The molecule has 1 aromatic carbocycles. The standard InChI is InChI=1S/C16H25O6P/c1-12-7-8-14(15(18)11-23(19,20-3)21-4)16(13(12)2)22-10-6-5-9-17/h7-8,17H,5-6,9-11H2,1-4H3. The number of hydrogen-bond donors (Lipinski definition) is 1. The summed E-state index contributed by atoms with van der Waals surface area (Å²) in [5, 5.41) is 8.82. The topological polar surface area (TPSA) is 82.1 Å². The number of Topliss-reactive ketones (excluding diaryl/α,β-unsaturated/α-hetero) is 1. The van der Waals surface area contributed by atoms with Gasteiger partial charge < -0.3 is 18.9 Å². The predicted octanol–water partition coefficient (Wildman–Crippen LogP) is 3.12. The number of aliphatic hydroxyl groups excluding tert-OH is 1. The van der Waals surface area contributed by atoms with Crippen molar-refractivity contribution >= 4 is 13.4 Å². The number of carbonyl (C=O) groups is 1. The maximum atomic E-state index is 12.5. The van der Waals surface area contributed by atoms with Crippen LogP contribution < -0.4 is 4.74 Å². The van der Waals surface area contributed by atoms with Crippen LogP contribution in [0.3, 0.4) is 0 Å². The van der Waals surface area contributed by atoms with Crippen molar-refractivity contribution in [1.82, 2.24) is 0 Å². The van der Waals surface area contributed by atoms with Crippen molar-refractivity contribution in [2.75, 3.05) is 33.6 Å². The van der Waals surface area contributed by atoms with Crippen molar-refractivity contribution in [2.45, 2.75) is 26.7 Å². The lowest BCUT2D eigenvalue weighted by atomic mass is 10.0. The highest BCUT2D eigenvalue weighted by molar-refractivity contribution is 7.54. The maximum Gasteiger partial charge on any atom is 0.337 e. The molecule has 0 spiro atoms. The number of rotatable bonds is 10. The van der Waals surface area contributed by atoms with E-state index in [1.54, 1.807) is 6.07 Å². The van der Waals surface area contributed by atoms with E-state index in [0.29, 0.717) is 30.8 Å². The number of aryl methyl sites for hydroxylation is 1. The third-order valence-electron chi connectivity index (χ3n) is 3.67. The SMILES string of the molecule is COP(=O)(CC(=O)c1ccc(C)c(C)c1OCCCCO)OC. The second-order valence-electron chi connectivity index (χ2n) is 5.22. The summed E-state index contributed by atoms with van der Waals surface area (Å²) in [5.41, 5.74) is 2.23. The van der Waals surface area contributed by atoms with Gasteiger partial charge in [-0.25, -0.2) is 0 Å². The van der Waals surface area contributed by atoms with Gasteiger partial charge in [-0.2, -0.15) is 0 Å². The number of hydrogen-bond acceptors (Lipinski definition) is 6. The smallest absolute Gasteiger partial charge is 0.337 e. The largest absolute Gasteiger partial charge is 0.493 e. The molecule has 6 nitrogen and oxygen atoms in total. The van der Waals surface area contributed by atoms with Crippen LogP contribution in [0.5, 0.6) is 5.75 Å². The van der Waals surface area contributed by atoms with Crippen molar-refractivity contribution in [1.29, 1.82) is 0 Å². The van der Waals surface area contributed by atoms with Gasteiger partial charge in [0.2, 0.25) is 0 Å². The van der Waals surface area contributed by atoms with Crippen LogP contribution in [0.4, 0.5) is 0 Å². The molecule has 0 saturated heterocycles. The Balaban J connectivity index is 3.03. The van der Waals surface area contributed by atoms with Crippen LogP contribution in [0.2, 0.25) is 0 Å². The van der Waals surface area contributed by atoms with Crippen molar-refractivity contribution in [3.63, 3.8) is 0 Å². The molecule has 0 heterocycles. The Bertz CT molecular complexity index is 576. The summed E-state index contributed by atoms with van der Waals surface area (Å²) in [7, 11) is -0.916. The Kier molecular flexibility index (Phi) is 7.92. The number of aliphatic hydroxyl groups is 1. The molecular weight excluding hydrogens is 319 g/mol. The molecule has 7 heteroatoms. The van der Waals surface area contributed by atoms with Gasteiger partial charge in [-0.05, 0) is 43.9 Å². The Hall–Kier alpha value is -1.20. The molecule has 0 aromatic heterocycles. The van der Waals surface area contributed by atoms with Crippen molar-refractivity contribution in [3.05, 3.63) is 28.8 Å². The van der Waals surface area contributed by atoms with E-state index < -0.39 is 7.60 Å². The minimum atomic E-state index is -3.42. The number of benzene rings is 1. The van der Waals surface area contributed by atoms with Gasteiger partial charge in [0.05, 0.1) is 12.2 Å². The fourth-order valence-electron chi connectivity index (χ4n) is 2.05. The Labute approximate surface area is 137 Å². The van der Waals surface area contributed by atoms with E-state index in [0.717, 1.165) is 11.1 Å². The van der Waals surface area contributed by atoms with E-state index in [2.05, 4.69) is 0 Å². The molecular formula is C16H25O6P. The first kappa shape index (κ1) is 19.8. The molecule has 1 N–H and O–H groups in total. The highest BCUT2D eigenvalue weighted by atomic mass is 31.2. The van der Waals surface area contributed by atoms with E-state index in [4.69, 9.17) is 18.9 Å². The monoisotopic (exact) mass is 344 g/mol. The third-order valence-corrected chi connectivity index (χ3v) is 5.46. The number of carbonyl (C=O) groups excluding carboxylic acids is 1. The fourth-order valence-corrected chi connectivity index (χ4v) is 2.98. The zero-order valence-corrected chi connectivity index (χ0v) is 15.0. The summed E-state index contributed by atoms with van der Waals surface area (Å²) in [4.78, 5) is 12.5. The van der Waals surface area contributed by atoms with E-state index >= 15 is 0 Å². The molecule has 0 amide bonds. The zero-order chi connectivity index (χ0) is 17.5. The molecule has 0 aliphatic heterocycles. The molecule has 1 aromatic rings. The van der Waals surface area contributed by atoms with Crippen LogP contribution in [0.15, 0.2) is 12.1 Å². The lowest BCUT2D eigenvalue weighted by molar-refractivity contribution is 0.100. The number of unbranched alkanes of at least 4 members (excludes halogenated alkanes) is 1. The normalized spacial score (nSPS) is 11.5. The number of ketones is 1. The molecule has 130 valence electrons. The average molecular weight is 344 g/mol. The molecule has 0 aliphatic rings. The van der Waals surface area contributed by atoms with Gasteiger partial charge in [0.1, 0.15) is 11.9 Å². The van der Waals surface area contributed by atoms with E-state index in [1.165, 1.54) is 14.2 Å². The highest BCUT2D eigenvalue weighted by Crippen LogP contribution is 2.47. The second-order valence-corrected chi connectivity index (χ2v) is 7.49. The van der Waals surface area contributed by atoms with Crippen LogP contribution in [0.25, 0.3) is 0 Å². The zero-order valence-electron chi connectivity index (χ0n) is 14.1. The van der Waals surface area contributed by atoms with E-state index in [-0.39, 0.29) is 18.6 Å². The summed E-state index contributed by atoms with van der Waals surface area (Å²) in [6.07, 6.45) is 0.984. The quantitative estimate of drug-likeness (QED) is 0.399. The summed E-state index contributed by atoms with van der Waals surface area (Å²) in [6.45, 7) is 4.31. The first-order chi connectivity index (χ1) is 10.9. The van der Waals surface area contributed by atoms with Gasteiger partial charge in [-0.3, -0.25) is 9.36 Å². The first-order valence-corrected chi connectivity index (χ1v) is 9.19. The predicted molar refractivity (Wildman–Crippen MR) is 88.6 cm³/mol. The minimum absolute atomic E-state index is 0.104. The first-order valence-electron chi connectivity index (χ1n) is 7.46. The lowest BCUT2D eigenvalue weighted by Crippen LogP contribution is -2.12. The van der Waals surface area contributed by atoms with E-state index in [1.807, 2.05) is 19.9 Å². The lowest BCUT2D eigenvalue weighted by Gasteiger charge is -2.17. The Morgan fingerprint density at radius 3 is 2.39 bits per heavy atom. The molecule has 0 bridgehead atoms. The maximum absolute atomic E-state index is 12.5. The van der Waals surface area contributed by atoms with Crippen LogP contribution in [0, 0.1) is 13.8 Å². The Morgan fingerprint density at radius 2 is 1.83 bits per heavy atom. The molecule has 0 atom stereocenters. The van der Waals surface area contributed by atoms with Crippen molar-refractivity contribution < 1.29 is 28.3 Å². The summed E-state index contributed by atoms with van der Waals surface area (Å²) >= 11 is 0. The molecule has 1 rings (SSSR count). The minimum Gasteiger partial charge on any atom is -0.493 e. The average Bonchev–Trinajstić information content (AvgIpc) is 2.54. The van der Waals surface area contributed by atoms with E-state index in [9.17, 15) is 9.36 Å². The van der Waals surface area contributed by atoms with Gasteiger partial charge in [-0.15, -0.1) is 0 Å². The third kappa shape index (κ3) is 5.43. The Morgan fingerprint density at radius 1 is 1.17 bits per heavy atom. The molecule has 0 aliphatic carbocycles. The van der Waals surface area contributed by atoms with Gasteiger partial charge in [0, 0.05) is 20.8 Å². The van der Waals surface area contributed by atoms with Crippen molar-refractivity contribution in [3.8, 4) is 5.75 Å². The van der Waals surface area contributed by atoms with Gasteiger partial charge in [0.15, 0.2) is 5.78 Å². The van der Waals surface area contributed by atoms with Crippen molar-refractivity contribution in [2.24, 2.45) is 0 Å². The molecule has 0 fully saturated rings. The van der Waals surface area contributed by atoms with Crippen LogP contribution >= 0.6 is 7.60 Å². The van der Waals surface area contributed by atoms with Gasteiger partial charge >= 0.3 is 7.60 Å². The second kappa shape index (κ2) is 9.18. The fraction of sp³-hybridized carbons (Fsp3) is 0.562. The molecule has 0 radical (unpaired) electrons. The van der Waals surface area contributed by atoms with Crippen LogP contribution in [-0.2, 0) is 13.6 Å².